The summed E-state index contributed by atoms with van der Waals surface area (Å²) in [6, 6.07) is 30.1. The molecule has 1 aliphatic heterocycles. The summed E-state index contributed by atoms with van der Waals surface area (Å²) in [4.78, 5) is 35.3. The summed E-state index contributed by atoms with van der Waals surface area (Å²) in [7, 11) is 0. The minimum absolute atomic E-state index is 0.277. The van der Waals surface area contributed by atoms with Crippen molar-refractivity contribution in [2.45, 2.75) is 80.3 Å². The van der Waals surface area contributed by atoms with Gasteiger partial charge in [-0.2, -0.15) is 0 Å². The van der Waals surface area contributed by atoms with Crippen LogP contribution in [0.4, 0.5) is 22.7 Å². The maximum absolute atomic E-state index is 12.5. The standard InChI is InChI=1S/C32H36N4O5.C29H34N4O3S/c1-4-22-21(17-34-13-12-20-10-11-27-28(14-20)41-19-40-27)8-7-9-25(22)36-31-23-15-29(38-5-2)30(39-6-3)16-26(23)35-18-24(31)32(33)37;1-4-21-19(17-31-13-12-20-10-8-14-37-20)9-7-11-24(21)33-28-22-15-26(35-5-2)27(36-6-3)16-25(22)32-18-23(28)29(30)34/h7-11,14-16,18,34H,4-6,12-13,17,19H2,1-3H3,(H2,33,37)(H,35,36);7-11,14-16,18,31H,4-6,12-13,17H2,1-3H3,(H2,30,34)(H,32,33). The molecule has 0 bridgehead atoms. The van der Waals surface area contributed by atoms with Gasteiger partial charge in [-0.25, -0.2) is 0 Å². The summed E-state index contributed by atoms with van der Waals surface area (Å²) in [6.45, 7) is 17.4. The first kappa shape index (κ1) is 56.1. The Hall–Kier alpha value is -8.12. The van der Waals surface area contributed by atoms with Crippen LogP contribution in [-0.2, 0) is 38.8 Å². The van der Waals surface area contributed by atoms with Crippen molar-refractivity contribution >= 4 is 67.7 Å². The number of carbonyl (C=O) groups is 2. The van der Waals surface area contributed by atoms with Crippen LogP contribution < -0.4 is 61.2 Å². The minimum atomic E-state index is -0.562. The maximum atomic E-state index is 12.5. The normalized spacial score (nSPS) is 11.5. The van der Waals surface area contributed by atoms with Crippen LogP contribution in [-0.4, -0.2) is 68.1 Å². The molecule has 0 aliphatic carbocycles. The van der Waals surface area contributed by atoms with E-state index < -0.39 is 11.8 Å². The molecule has 408 valence electrons. The second kappa shape index (κ2) is 27.3. The third-order valence-electron chi connectivity index (χ3n) is 13.2. The van der Waals surface area contributed by atoms with E-state index in [-0.39, 0.29) is 6.79 Å². The lowest BCUT2D eigenvalue weighted by atomic mass is 10.0. The van der Waals surface area contributed by atoms with Gasteiger partial charge < -0.3 is 61.2 Å². The summed E-state index contributed by atoms with van der Waals surface area (Å²) in [5.74, 6) is 2.90. The van der Waals surface area contributed by atoms with Gasteiger partial charge in [0.15, 0.2) is 34.5 Å². The number of nitrogens with one attached hydrogen (secondary N) is 4. The number of carbonyl (C=O) groups excluding carboxylic acids is 2. The van der Waals surface area contributed by atoms with Crippen LogP contribution >= 0.6 is 11.3 Å². The summed E-state index contributed by atoms with van der Waals surface area (Å²) >= 11 is 1.78. The molecule has 9 rings (SSSR count). The Labute approximate surface area is 460 Å². The third-order valence-corrected chi connectivity index (χ3v) is 14.1. The Bertz CT molecular complexity index is 3350. The van der Waals surface area contributed by atoms with E-state index >= 15 is 0 Å². The van der Waals surface area contributed by atoms with Crippen LogP contribution in [0.3, 0.4) is 0 Å². The van der Waals surface area contributed by atoms with Gasteiger partial charge >= 0.3 is 0 Å². The summed E-state index contributed by atoms with van der Waals surface area (Å²) in [5.41, 5.74) is 22.5. The average Bonchev–Trinajstić information content (AvgIpc) is 4.26. The van der Waals surface area contributed by atoms with Gasteiger partial charge in [-0.1, -0.05) is 50.2 Å². The van der Waals surface area contributed by atoms with Crippen LogP contribution in [0.5, 0.6) is 34.5 Å². The molecule has 78 heavy (non-hydrogen) atoms. The van der Waals surface area contributed by atoms with Crippen molar-refractivity contribution in [1.82, 2.24) is 20.6 Å². The van der Waals surface area contributed by atoms with Gasteiger partial charge in [-0.3, -0.25) is 19.6 Å². The van der Waals surface area contributed by atoms with Crippen LogP contribution in [0, 0.1) is 0 Å². The van der Waals surface area contributed by atoms with E-state index in [0.29, 0.717) is 89.5 Å². The second-order valence-electron chi connectivity index (χ2n) is 18.2. The van der Waals surface area contributed by atoms with Gasteiger partial charge in [0.25, 0.3) is 11.8 Å². The highest BCUT2D eigenvalue weighted by Gasteiger charge is 2.21. The molecule has 8 aromatic rings. The molecule has 4 heterocycles. The molecular formula is C61H70N8O8S. The van der Waals surface area contributed by atoms with E-state index in [2.05, 4.69) is 80.8 Å². The van der Waals surface area contributed by atoms with Gasteiger partial charge in [0.2, 0.25) is 6.79 Å². The van der Waals surface area contributed by atoms with Crippen molar-refractivity contribution in [2.75, 3.05) is 56.9 Å². The molecule has 3 aromatic heterocycles. The van der Waals surface area contributed by atoms with Gasteiger partial charge in [0, 0.05) is 71.2 Å². The van der Waals surface area contributed by atoms with Gasteiger partial charge in [-0.05, 0) is 136 Å². The first-order chi connectivity index (χ1) is 38.1. The van der Waals surface area contributed by atoms with Crippen LogP contribution in [0.15, 0.2) is 109 Å². The molecule has 0 radical (unpaired) electrons. The second-order valence-corrected chi connectivity index (χ2v) is 19.2. The van der Waals surface area contributed by atoms with Crippen LogP contribution in [0.1, 0.15) is 95.0 Å². The van der Waals surface area contributed by atoms with Crippen molar-refractivity contribution in [3.8, 4) is 34.5 Å². The minimum Gasteiger partial charge on any atom is -0.490 e. The number of primary amides is 2. The molecule has 2 amide bonds. The van der Waals surface area contributed by atoms with Gasteiger partial charge in [-0.15, -0.1) is 11.3 Å². The number of amides is 2. The third kappa shape index (κ3) is 13.5. The first-order valence-electron chi connectivity index (χ1n) is 26.7. The molecule has 0 atom stereocenters. The highest BCUT2D eigenvalue weighted by Crippen LogP contribution is 2.40. The number of fused-ring (bicyclic) bond motifs is 3. The summed E-state index contributed by atoms with van der Waals surface area (Å²) in [6.07, 6.45) is 6.54. The molecule has 0 spiro atoms. The summed E-state index contributed by atoms with van der Waals surface area (Å²) in [5, 5.41) is 17.8. The fourth-order valence-electron chi connectivity index (χ4n) is 9.50. The number of thiophene rings is 1. The topological polar surface area (TPSA) is 215 Å². The number of nitrogens with zero attached hydrogens (tertiary/aromatic N) is 2. The highest BCUT2D eigenvalue weighted by molar-refractivity contribution is 7.09. The Morgan fingerprint density at radius 2 is 1.06 bits per heavy atom. The summed E-state index contributed by atoms with van der Waals surface area (Å²) < 4.78 is 34.2. The van der Waals surface area contributed by atoms with E-state index in [0.717, 1.165) is 84.5 Å². The van der Waals surface area contributed by atoms with Crippen molar-refractivity contribution < 1.29 is 38.0 Å². The lowest BCUT2D eigenvalue weighted by Gasteiger charge is -2.19. The Morgan fingerprint density at radius 1 is 0.577 bits per heavy atom. The first-order valence-corrected chi connectivity index (χ1v) is 27.6. The Morgan fingerprint density at radius 3 is 1.53 bits per heavy atom. The van der Waals surface area contributed by atoms with Crippen molar-refractivity contribution in [2.24, 2.45) is 11.5 Å². The largest absolute Gasteiger partial charge is 0.490 e. The van der Waals surface area contributed by atoms with Crippen molar-refractivity contribution in [3.05, 3.63) is 153 Å². The molecule has 17 heteroatoms. The predicted molar refractivity (Wildman–Crippen MR) is 311 cm³/mol. The average molecular weight is 1080 g/mol. The van der Waals surface area contributed by atoms with E-state index in [1.54, 1.807) is 11.3 Å². The zero-order valence-corrected chi connectivity index (χ0v) is 46.1. The van der Waals surface area contributed by atoms with Crippen molar-refractivity contribution in [3.63, 3.8) is 0 Å². The number of aromatic nitrogens is 2. The molecule has 16 nitrogen and oxygen atoms in total. The number of nitrogens with two attached hydrogens (primary N) is 2. The molecule has 0 saturated heterocycles. The highest BCUT2D eigenvalue weighted by atomic mass is 32.1. The van der Waals surface area contributed by atoms with Crippen LogP contribution in [0.25, 0.3) is 21.8 Å². The number of anilines is 4. The Kier molecular flexibility index (Phi) is 19.6. The molecule has 0 unspecified atom stereocenters. The number of pyridine rings is 2. The number of hydrogen-bond donors (Lipinski definition) is 6. The predicted octanol–water partition coefficient (Wildman–Crippen LogP) is 11.3. The lowest BCUT2D eigenvalue weighted by Crippen LogP contribution is -2.18. The molecule has 1 aliphatic rings. The number of benzene rings is 5. The fraction of sp³-hybridized carbons (Fsp3) is 0.311. The zero-order valence-electron chi connectivity index (χ0n) is 45.3. The lowest BCUT2D eigenvalue weighted by molar-refractivity contribution is 0.0992. The zero-order chi connectivity index (χ0) is 55.0. The number of rotatable bonds is 26. The molecule has 8 N–H and O–H groups in total. The number of ether oxygens (including phenoxy) is 6. The quantitative estimate of drug-likeness (QED) is 0.0278. The van der Waals surface area contributed by atoms with Gasteiger partial charge in [0.05, 0.1) is 60.0 Å². The smallest absolute Gasteiger partial charge is 0.252 e. The van der Waals surface area contributed by atoms with Crippen LogP contribution in [0.2, 0.25) is 0 Å². The van der Waals surface area contributed by atoms with E-state index in [4.69, 9.17) is 39.9 Å². The molecule has 0 fully saturated rings. The number of hydrogen-bond acceptors (Lipinski definition) is 15. The monoisotopic (exact) mass is 1070 g/mol. The van der Waals surface area contributed by atoms with E-state index in [9.17, 15) is 9.59 Å². The molecule has 0 saturated carbocycles. The molecular weight excluding hydrogens is 1000 g/mol. The van der Waals surface area contributed by atoms with Gasteiger partial charge in [0.1, 0.15) is 0 Å². The fourth-order valence-corrected chi connectivity index (χ4v) is 10.2. The van der Waals surface area contributed by atoms with E-state index in [1.807, 2.05) is 88.4 Å². The Balaban J connectivity index is 0.000000207. The molecule has 5 aromatic carbocycles. The SMILES string of the molecule is CCOc1cc2ncc(C(N)=O)c(Nc3cccc(CNCCc4ccc5c(c4)OCO5)c3CC)c2cc1OCC.CCOc1cc2ncc(C(N)=O)c(Nc3cccc(CNCCc4cccs4)c3CC)c2cc1OCC. The maximum Gasteiger partial charge on any atom is 0.252 e. The van der Waals surface area contributed by atoms with E-state index in [1.165, 1.54) is 39.5 Å². The van der Waals surface area contributed by atoms with Crippen molar-refractivity contribution in [1.29, 1.82) is 0 Å².